The summed E-state index contributed by atoms with van der Waals surface area (Å²) in [5, 5.41) is 2.69. The third-order valence-electron chi connectivity index (χ3n) is 5.42. The molecule has 0 radical (unpaired) electrons. The minimum Gasteiger partial charge on any atom is -0.458 e. The van der Waals surface area contributed by atoms with Crippen LogP contribution in [0.15, 0.2) is 83.8 Å². The Morgan fingerprint density at radius 1 is 0.943 bits per heavy atom. The Morgan fingerprint density at radius 3 is 2.03 bits per heavy atom. The number of nitrogens with zero attached hydrogens (tertiary/aromatic N) is 1. The average molecular weight is 476 g/mol. The number of benzene rings is 2. The van der Waals surface area contributed by atoms with Crippen molar-refractivity contribution < 1.29 is 14.3 Å². The lowest BCUT2D eigenvalue weighted by molar-refractivity contribution is -0.157. The van der Waals surface area contributed by atoms with Gasteiger partial charge in [-0.1, -0.05) is 60.7 Å². The minimum absolute atomic E-state index is 0.0503. The molecule has 1 amide bonds. The summed E-state index contributed by atoms with van der Waals surface area (Å²) < 4.78 is 7.01. The van der Waals surface area contributed by atoms with Gasteiger partial charge in [0, 0.05) is 6.20 Å². The summed E-state index contributed by atoms with van der Waals surface area (Å²) in [6.45, 7) is 5.64. The molecule has 7 nitrogen and oxygen atoms in total. The van der Waals surface area contributed by atoms with Crippen LogP contribution in [-0.2, 0) is 9.53 Å². The lowest BCUT2D eigenvalue weighted by atomic mass is 9.98. The van der Waals surface area contributed by atoms with E-state index in [9.17, 15) is 14.4 Å². The molecule has 7 heteroatoms. The average Bonchev–Trinajstić information content (AvgIpc) is 2.83. The van der Waals surface area contributed by atoms with Gasteiger partial charge in [-0.15, -0.1) is 0 Å². The van der Waals surface area contributed by atoms with Gasteiger partial charge in [0.25, 0.3) is 11.5 Å². The normalized spacial score (nSPS) is 12.3. The van der Waals surface area contributed by atoms with E-state index in [2.05, 4.69) is 5.32 Å². The third-order valence-corrected chi connectivity index (χ3v) is 5.42. The Labute approximate surface area is 205 Å². The topological polar surface area (TPSA) is 103 Å². The minimum atomic E-state index is -0.905. The second-order valence-corrected chi connectivity index (χ2v) is 9.35. The van der Waals surface area contributed by atoms with Gasteiger partial charge in [-0.05, 0) is 63.4 Å². The molecule has 0 aliphatic carbocycles. The first-order chi connectivity index (χ1) is 16.7. The van der Waals surface area contributed by atoms with Gasteiger partial charge in [-0.3, -0.25) is 9.59 Å². The van der Waals surface area contributed by atoms with E-state index in [0.717, 1.165) is 11.1 Å². The van der Waals surface area contributed by atoms with Crippen molar-refractivity contribution in [2.75, 3.05) is 6.54 Å². The molecule has 2 aromatic carbocycles. The summed E-state index contributed by atoms with van der Waals surface area (Å²) in [5.41, 5.74) is 6.22. The zero-order chi connectivity index (χ0) is 25.4. The SMILES string of the molecule is CC(C)(C)OC(=O)C(CCCN)NC(=O)c1cccn(C(c2ccccc2)c2ccccc2)c1=O. The molecule has 0 spiro atoms. The smallest absolute Gasteiger partial charge is 0.329 e. The number of hydrogen-bond acceptors (Lipinski definition) is 5. The highest BCUT2D eigenvalue weighted by Crippen LogP contribution is 2.25. The number of ether oxygens (including phenoxy) is 1. The zero-order valence-electron chi connectivity index (χ0n) is 20.4. The Morgan fingerprint density at radius 2 is 1.51 bits per heavy atom. The Kier molecular flexibility index (Phi) is 8.60. The second-order valence-electron chi connectivity index (χ2n) is 9.35. The number of amides is 1. The highest BCUT2D eigenvalue weighted by molar-refractivity contribution is 5.96. The number of rotatable bonds is 9. The van der Waals surface area contributed by atoms with E-state index in [1.54, 1.807) is 37.6 Å². The van der Waals surface area contributed by atoms with Gasteiger partial charge in [-0.25, -0.2) is 4.79 Å². The van der Waals surface area contributed by atoms with E-state index in [0.29, 0.717) is 19.4 Å². The van der Waals surface area contributed by atoms with Gasteiger partial charge in [-0.2, -0.15) is 0 Å². The predicted molar refractivity (Wildman–Crippen MR) is 136 cm³/mol. The highest BCUT2D eigenvalue weighted by atomic mass is 16.6. The summed E-state index contributed by atoms with van der Waals surface area (Å²) in [4.78, 5) is 39.5. The van der Waals surface area contributed by atoms with Crippen molar-refractivity contribution in [3.63, 3.8) is 0 Å². The van der Waals surface area contributed by atoms with Gasteiger partial charge in [0.1, 0.15) is 17.2 Å². The first kappa shape index (κ1) is 25.9. The third kappa shape index (κ3) is 6.90. The summed E-state index contributed by atoms with van der Waals surface area (Å²) in [6, 6.07) is 21.1. The molecule has 3 aromatic rings. The molecule has 1 heterocycles. The molecule has 184 valence electrons. The number of pyridine rings is 1. The van der Waals surface area contributed by atoms with E-state index in [1.165, 1.54) is 6.07 Å². The molecular weight excluding hydrogens is 442 g/mol. The molecule has 0 saturated carbocycles. The largest absolute Gasteiger partial charge is 0.458 e. The van der Waals surface area contributed by atoms with Gasteiger partial charge in [0.05, 0.1) is 6.04 Å². The first-order valence-corrected chi connectivity index (χ1v) is 11.8. The fourth-order valence-electron chi connectivity index (χ4n) is 3.85. The number of hydrogen-bond donors (Lipinski definition) is 2. The van der Waals surface area contributed by atoms with Gasteiger partial charge in [0.2, 0.25) is 0 Å². The summed E-state index contributed by atoms with van der Waals surface area (Å²) in [6.07, 6.45) is 2.51. The number of nitrogens with two attached hydrogens (primary N) is 1. The maximum atomic E-state index is 13.6. The Balaban J connectivity index is 1.96. The number of carbonyl (C=O) groups is 2. The summed E-state index contributed by atoms with van der Waals surface area (Å²) in [5.74, 6) is -1.18. The van der Waals surface area contributed by atoms with Crippen molar-refractivity contribution in [1.29, 1.82) is 0 Å². The Hall–Kier alpha value is -3.71. The van der Waals surface area contributed by atoms with Crippen LogP contribution in [0.5, 0.6) is 0 Å². The molecule has 0 saturated heterocycles. The second kappa shape index (κ2) is 11.6. The fourth-order valence-corrected chi connectivity index (χ4v) is 3.85. The van der Waals surface area contributed by atoms with Crippen LogP contribution in [0.25, 0.3) is 0 Å². The van der Waals surface area contributed by atoms with E-state index >= 15 is 0 Å². The van der Waals surface area contributed by atoms with Crippen LogP contribution in [0.1, 0.15) is 61.1 Å². The lowest BCUT2D eigenvalue weighted by Crippen LogP contribution is -2.46. The van der Waals surface area contributed by atoms with E-state index in [-0.39, 0.29) is 5.56 Å². The van der Waals surface area contributed by atoms with Crippen LogP contribution in [0.3, 0.4) is 0 Å². The molecule has 1 unspecified atom stereocenters. The molecule has 35 heavy (non-hydrogen) atoms. The fraction of sp³-hybridized carbons (Fsp3) is 0.321. The van der Waals surface area contributed by atoms with Gasteiger partial charge >= 0.3 is 5.97 Å². The molecular formula is C28H33N3O4. The molecule has 0 bridgehead atoms. The van der Waals surface area contributed by atoms with Crippen molar-refractivity contribution in [2.45, 2.75) is 51.3 Å². The molecule has 3 rings (SSSR count). The molecule has 0 fully saturated rings. The first-order valence-electron chi connectivity index (χ1n) is 11.8. The number of esters is 1. The van der Waals surface area contributed by atoms with Crippen LogP contribution < -0.4 is 16.6 Å². The monoisotopic (exact) mass is 475 g/mol. The number of aromatic nitrogens is 1. The lowest BCUT2D eigenvalue weighted by Gasteiger charge is -2.25. The highest BCUT2D eigenvalue weighted by Gasteiger charge is 2.28. The molecule has 3 N–H and O–H groups in total. The quantitative estimate of drug-likeness (QED) is 0.460. The number of carbonyl (C=O) groups excluding carboxylic acids is 2. The standard InChI is InChI=1S/C28H33N3O4/c1-28(2,3)35-27(34)23(17-10-18-29)30-25(32)22-16-11-19-31(26(22)33)24(20-12-6-4-7-13-20)21-14-8-5-9-15-21/h4-9,11-16,19,23-24H,10,17-18,29H2,1-3H3,(H,30,32). The number of nitrogens with one attached hydrogen (secondary N) is 1. The van der Waals surface area contributed by atoms with Crippen LogP contribution >= 0.6 is 0 Å². The van der Waals surface area contributed by atoms with Crippen LogP contribution in [-0.4, -0.2) is 34.6 Å². The van der Waals surface area contributed by atoms with Crippen LogP contribution in [0, 0.1) is 0 Å². The summed E-state index contributed by atoms with van der Waals surface area (Å²) >= 11 is 0. The predicted octanol–water partition coefficient (Wildman–Crippen LogP) is 3.67. The summed E-state index contributed by atoms with van der Waals surface area (Å²) in [7, 11) is 0. The molecule has 0 aliphatic rings. The maximum absolute atomic E-state index is 13.6. The van der Waals surface area contributed by atoms with Crippen molar-refractivity contribution in [2.24, 2.45) is 5.73 Å². The van der Waals surface area contributed by atoms with Crippen LogP contribution in [0.4, 0.5) is 0 Å². The zero-order valence-corrected chi connectivity index (χ0v) is 20.4. The van der Waals surface area contributed by atoms with E-state index in [4.69, 9.17) is 10.5 Å². The van der Waals surface area contributed by atoms with Crippen LogP contribution in [0.2, 0.25) is 0 Å². The molecule has 1 aromatic heterocycles. The maximum Gasteiger partial charge on any atom is 0.329 e. The van der Waals surface area contributed by atoms with Crippen molar-refractivity contribution in [3.05, 3.63) is 106 Å². The van der Waals surface area contributed by atoms with E-state index in [1.807, 2.05) is 60.7 Å². The Bertz CT molecular complexity index is 1140. The van der Waals surface area contributed by atoms with Crippen molar-refractivity contribution in [1.82, 2.24) is 9.88 Å². The molecule has 0 aliphatic heterocycles. The molecule has 1 atom stereocenters. The van der Waals surface area contributed by atoms with E-state index < -0.39 is 35.1 Å². The van der Waals surface area contributed by atoms with Crippen molar-refractivity contribution >= 4 is 11.9 Å². The van der Waals surface area contributed by atoms with Crippen molar-refractivity contribution in [3.8, 4) is 0 Å². The van der Waals surface area contributed by atoms with Gasteiger partial charge in [0.15, 0.2) is 0 Å². The van der Waals surface area contributed by atoms with Gasteiger partial charge < -0.3 is 20.4 Å².